The van der Waals surface area contributed by atoms with E-state index in [0.29, 0.717) is 0 Å². The number of nitrogens with zero attached hydrogens (tertiary/aromatic N) is 1. The van der Waals surface area contributed by atoms with Gasteiger partial charge in [0.25, 0.3) is 0 Å². The summed E-state index contributed by atoms with van der Waals surface area (Å²) < 4.78 is 10.9. The number of methoxy groups -OCH3 is 2. The molecule has 2 fully saturated rings. The third-order valence-corrected chi connectivity index (χ3v) is 4.56. The van der Waals surface area contributed by atoms with Crippen LogP contribution in [0.3, 0.4) is 0 Å². The summed E-state index contributed by atoms with van der Waals surface area (Å²) in [5, 5.41) is 11.3. The monoisotopic (exact) mass is 263 g/mol. The molecule has 0 bridgehead atoms. The van der Waals surface area contributed by atoms with E-state index in [2.05, 4.69) is 4.90 Å². The minimum atomic E-state index is -0.853. The van der Waals surface area contributed by atoms with Crippen molar-refractivity contribution in [2.24, 2.45) is 0 Å². The number of hydrogen-bond acceptors (Lipinski definition) is 4. The van der Waals surface area contributed by atoms with Crippen LogP contribution in [-0.2, 0) is 5.60 Å². The second-order valence-corrected chi connectivity index (χ2v) is 5.41. The number of aliphatic hydroxyl groups is 1. The van der Waals surface area contributed by atoms with Crippen molar-refractivity contribution in [3.63, 3.8) is 0 Å². The van der Waals surface area contributed by atoms with Crippen LogP contribution in [0.4, 0.5) is 0 Å². The molecule has 104 valence electrons. The summed E-state index contributed by atoms with van der Waals surface area (Å²) in [6, 6.07) is 5.88. The third-order valence-electron chi connectivity index (χ3n) is 4.56. The molecule has 0 aliphatic carbocycles. The zero-order chi connectivity index (χ0) is 13.5. The smallest absolute Gasteiger partial charge is 0.128 e. The lowest BCUT2D eigenvalue weighted by molar-refractivity contribution is 0.00530. The fourth-order valence-corrected chi connectivity index (χ4v) is 3.68. The van der Waals surface area contributed by atoms with E-state index in [1.165, 1.54) is 0 Å². The first-order valence-electron chi connectivity index (χ1n) is 6.88. The van der Waals surface area contributed by atoms with Crippen LogP contribution in [0, 0.1) is 0 Å². The van der Waals surface area contributed by atoms with Crippen LogP contribution in [0.5, 0.6) is 11.5 Å². The van der Waals surface area contributed by atoms with Gasteiger partial charge in [0.2, 0.25) is 0 Å². The minimum absolute atomic E-state index is 0.192. The van der Waals surface area contributed by atoms with Crippen molar-refractivity contribution in [3.8, 4) is 11.5 Å². The summed E-state index contributed by atoms with van der Waals surface area (Å²) in [7, 11) is 3.28. The van der Waals surface area contributed by atoms with E-state index < -0.39 is 5.60 Å². The lowest BCUT2D eigenvalue weighted by Crippen LogP contribution is -2.39. The molecule has 2 unspecified atom stereocenters. The molecular weight excluding hydrogens is 242 g/mol. The predicted octanol–water partition coefficient (Wildman–Crippen LogP) is 1.76. The second-order valence-electron chi connectivity index (χ2n) is 5.41. The first-order valence-corrected chi connectivity index (χ1v) is 6.88. The summed E-state index contributed by atoms with van der Waals surface area (Å²) in [5.41, 5.74) is -0.0385. The molecule has 0 aromatic heterocycles. The van der Waals surface area contributed by atoms with Gasteiger partial charge in [-0.3, -0.25) is 4.90 Å². The van der Waals surface area contributed by atoms with E-state index in [1.54, 1.807) is 14.2 Å². The van der Waals surface area contributed by atoms with Gasteiger partial charge in [-0.1, -0.05) is 6.07 Å². The van der Waals surface area contributed by atoms with Crippen molar-refractivity contribution in [2.75, 3.05) is 27.3 Å². The molecule has 2 aliphatic rings. The van der Waals surface area contributed by atoms with E-state index in [9.17, 15) is 5.11 Å². The molecule has 2 atom stereocenters. The largest absolute Gasteiger partial charge is 0.496 e. The Kier molecular flexibility index (Phi) is 3.15. The Morgan fingerprint density at radius 1 is 1.21 bits per heavy atom. The Hall–Kier alpha value is -1.26. The van der Waals surface area contributed by atoms with Crippen molar-refractivity contribution in [3.05, 3.63) is 23.8 Å². The van der Waals surface area contributed by atoms with Crippen LogP contribution in [0.1, 0.15) is 24.8 Å². The SMILES string of the molecule is COc1cccc(OC)c1C1(O)CCN2CCCC21. The first-order chi connectivity index (χ1) is 9.20. The molecule has 3 rings (SSSR count). The number of rotatable bonds is 3. The molecule has 2 saturated heterocycles. The van der Waals surface area contributed by atoms with Gasteiger partial charge in [-0.15, -0.1) is 0 Å². The van der Waals surface area contributed by atoms with Crippen LogP contribution in [-0.4, -0.2) is 43.4 Å². The van der Waals surface area contributed by atoms with Gasteiger partial charge < -0.3 is 14.6 Å². The Balaban J connectivity index is 2.10. The Morgan fingerprint density at radius 2 is 1.89 bits per heavy atom. The highest BCUT2D eigenvalue weighted by Gasteiger charge is 2.51. The molecule has 4 heteroatoms. The number of ether oxygens (including phenoxy) is 2. The molecule has 1 aromatic rings. The maximum Gasteiger partial charge on any atom is 0.128 e. The summed E-state index contributed by atoms with van der Waals surface area (Å²) >= 11 is 0. The van der Waals surface area contributed by atoms with Crippen molar-refractivity contribution in [1.82, 2.24) is 4.90 Å². The highest BCUT2D eigenvalue weighted by Crippen LogP contribution is 2.49. The number of fused-ring (bicyclic) bond motifs is 1. The van der Waals surface area contributed by atoms with Crippen molar-refractivity contribution < 1.29 is 14.6 Å². The lowest BCUT2D eigenvalue weighted by atomic mass is 9.84. The molecule has 0 spiro atoms. The minimum Gasteiger partial charge on any atom is -0.496 e. The number of benzene rings is 1. The van der Waals surface area contributed by atoms with E-state index >= 15 is 0 Å². The quantitative estimate of drug-likeness (QED) is 0.902. The summed E-state index contributed by atoms with van der Waals surface area (Å²) in [5.74, 6) is 1.44. The Bertz CT molecular complexity index is 454. The van der Waals surface area contributed by atoms with Gasteiger partial charge in [-0.05, 0) is 37.9 Å². The molecule has 0 amide bonds. The summed E-state index contributed by atoms with van der Waals surface area (Å²) in [6.07, 6.45) is 2.94. The standard InChI is InChI=1S/C15H21NO3/c1-18-11-5-3-6-12(19-2)14(11)15(17)8-10-16-9-4-7-13(15)16/h3,5-6,13,17H,4,7-10H2,1-2H3. The summed E-state index contributed by atoms with van der Waals surface area (Å²) in [4.78, 5) is 2.38. The van der Waals surface area contributed by atoms with Crippen LogP contribution in [0.25, 0.3) is 0 Å². The zero-order valence-corrected chi connectivity index (χ0v) is 11.6. The fourth-order valence-electron chi connectivity index (χ4n) is 3.68. The van der Waals surface area contributed by atoms with Crippen LogP contribution in [0.2, 0.25) is 0 Å². The Labute approximate surface area is 113 Å². The van der Waals surface area contributed by atoms with Gasteiger partial charge in [-0.25, -0.2) is 0 Å². The molecule has 2 heterocycles. The van der Waals surface area contributed by atoms with E-state index in [0.717, 1.165) is 49.4 Å². The van der Waals surface area contributed by atoms with Gasteiger partial charge in [0.15, 0.2) is 0 Å². The average molecular weight is 263 g/mol. The number of hydrogen-bond donors (Lipinski definition) is 1. The van der Waals surface area contributed by atoms with Crippen LogP contribution < -0.4 is 9.47 Å². The third kappa shape index (κ3) is 1.82. The molecule has 0 radical (unpaired) electrons. The maximum absolute atomic E-state index is 11.3. The van der Waals surface area contributed by atoms with Gasteiger partial charge in [0.05, 0.1) is 19.8 Å². The second kappa shape index (κ2) is 4.69. The van der Waals surface area contributed by atoms with Crippen molar-refractivity contribution in [2.45, 2.75) is 30.9 Å². The molecule has 4 nitrogen and oxygen atoms in total. The van der Waals surface area contributed by atoms with Crippen molar-refractivity contribution >= 4 is 0 Å². The zero-order valence-electron chi connectivity index (χ0n) is 11.6. The summed E-state index contributed by atoms with van der Waals surface area (Å²) in [6.45, 7) is 2.03. The van der Waals surface area contributed by atoms with Crippen molar-refractivity contribution in [1.29, 1.82) is 0 Å². The van der Waals surface area contributed by atoms with E-state index in [1.807, 2.05) is 18.2 Å². The molecule has 19 heavy (non-hydrogen) atoms. The lowest BCUT2D eigenvalue weighted by Gasteiger charge is -2.32. The fraction of sp³-hybridized carbons (Fsp3) is 0.600. The van der Waals surface area contributed by atoms with Gasteiger partial charge in [0, 0.05) is 12.6 Å². The molecule has 1 aromatic carbocycles. The predicted molar refractivity (Wildman–Crippen MR) is 72.7 cm³/mol. The van der Waals surface area contributed by atoms with E-state index in [-0.39, 0.29) is 6.04 Å². The molecular formula is C15H21NO3. The maximum atomic E-state index is 11.3. The Morgan fingerprint density at radius 3 is 2.53 bits per heavy atom. The van der Waals surface area contributed by atoms with Gasteiger partial charge in [-0.2, -0.15) is 0 Å². The molecule has 1 N–H and O–H groups in total. The normalized spacial score (nSPS) is 30.4. The molecule has 0 saturated carbocycles. The first kappa shape index (κ1) is 12.8. The highest BCUT2D eigenvalue weighted by molar-refractivity contribution is 5.50. The van der Waals surface area contributed by atoms with E-state index in [4.69, 9.17) is 9.47 Å². The van der Waals surface area contributed by atoms with Crippen LogP contribution in [0.15, 0.2) is 18.2 Å². The van der Waals surface area contributed by atoms with Crippen LogP contribution >= 0.6 is 0 Å². The van der Waals surface area contributed by atoms with Gasteiger partial charge >= 0.3 is 0 Å². The average Bonchev–Trinajstić information content (AvgIpc) is 3.03. The highest BCUT2D eigenvalue weighted by atomic mass is 16.5. The molecule has 2 aliphatic heterocycles. The topological polar surface area (TPSA) is 41.9 Å². The van der Waals surface area contributed by atoms with Gasteiger partial charge in [0.1, 0.15) is 17.1 Å².